The second-order valence-electron chi connectivity index (χ2n) is 11.0. The summed E-state index contributed by atoms with van der Waals surface area (Å²) in [6, 6.07) is 10.9. The molecule has 0 radical (unpaired) electrons. The molecular weight excluding hydrogens is 620 g/mol. The quantitative estimate of drug-likeness (QED) is 0.358. The number of fused-ring (bicyclic) bond motifs is 2. The van der Waals surface area contributed by atoms with E-state index in [-0.39, 0.29) is 23.3 Å². The van der Waals surface area contributed by atoms with Crippen LogP contribution in [0.3, 0.4) is 0 Å². The summed E-state index contributed by atoms with van der Waals surface area (Å²) in [5, 5.41) is 0.905. The number of anilines is 1. The van der Waals surface area contributed by atoms with Crippen LogP contribution < -0.4 is 4.90 Å². The molecule has 0 N–H and O–H groups in total. The lowest BCUT2D eigenvalue weighted by atomic mass is 10.0. The first-order valence-corrected chi connectivity index (χ1v) is 16.8. The smallest absolute Gasteiger partial charge is 0.258 e. The van der Waals surface area contributed by atoms with Crippen LogP contribution in [-0.2, 0) is 30.9 Å². The number of rotatable bonds is 6. The number of halogens is 1. The maximum atomic E-state index is 13.7. The van der Waals surface area contributed by atoms with Gasteiger partial charge in [0.05, 0.1) is 23.8 Å². The van der Waals surface area contributed by atoms with Gasteiger partial charge in [0.25, 0.3) is 5.91 Å². The number of likely N-dealkylation sites (tertiary alicyclic amines) is 1. The van der Waals surface area contributed by atoms with Crippen LogP contribution in [-0.4, -0.2) is 79.9 Å². The number of morpholine rings is 1. The summed E-state index contributed by atoms with van der Waals surface area (Å²) >= 11 is 3.58. The first kappa shape index (κ1) is 29.1. The Morgan fingerprint density at radius 2 is 1.74 bits per heavy atom. The lowest BCUT2D eigenvalue weighted by molar-refractivity contribution is -0.131. The van der Waals surface area contributed by atoms with Crippen LogP contribution in [0.1, 0.15) is 43.7 Å². The number of aromatic nitrogens is 1. The highest BCUT2D eigenvalue weighted by Crippen LogP contribution is 2.40. The van der Waals surface area contributed by atoms with Crippen molar-refractivity contribution in [2.24, 2.45) is 0 Å². The van der Waals surface area contributed by atoms with Gasteiger partial charge in [-0.15, -0.1) is 0 Å². The van der Waals surface area contributed by atoms with Gasteiger partial charge in [-0.2, -0.15) is 4.31 Å². The van der Waals surface area contributed by atoms with Crippen molar-refractivity contribution in [3.05, 3.63) is 58.2 Å². The van der Waals surface area contributed by atoms with Crippen LogP contribution in [0.5, 0.6) is 0 Å². The van der Waals surface area contributed by atoms with E-state index in [2.05, 4.69) is 15.9 Å². The normalized spacial score (nSPS) is 19.5. The minimum atomic E-state index is -3.74. The summed E-state index contributed by atoms with van der Waals surface area (Å²) in [5.41, 5.74) is 3.41. The van der Waals surface area contributed by atoms with Crippen molar-refractivity contribution < 1.29 is 22.7 Å². The van der Waals surface area contributed by atoms with E-state index in [0.29, 0.717) is 49.7 Å². The van der Waals surface area contributed by atoms with Crippen molar-refractivity contribution in [3.63, 3.8) is 0 Å². The number of benzene rings is 2. The number of ether oxygens (including phenoxy) is 1. The first-order valence-electron chi connectivity index (χ1n) is 14.6. The van der Waals surface area contributed by atoms with E-state index < -0.39 is 10.0 Å². The Morgan fingerprint density at radius 3 is 2.45 bits per heavy atom. The standard InChI is InChI=1S/C31H35BrN4O5S/c1-2-36-29-10-8-24(42(39,40)35-13-15-41-16-14-35)19-26(29)27(31(36)38)17-22-20-34(28-9-7-23(32)18-25(22)28)21-30(37)33-11-5-3-4-6-12-33/h7-10,17-20H,2-6,11-16,21H2,1H3. The summed E-state index contributed by atoms with van der Waals surface area (Å²) in [5.74, 6) is -0.0849. The molecule has 0 aliphatic carbocycles. The van der Waals surface area contributed by atoms with Crippen LogP contribution in [0, 0.1) is 0 Å². The Hall–Kier alpha value is -2.99. The molecule has 2 saturated heterocycles. The van der Waals surface area contributed by atoms with Crippen molar-refractivity contribution >= 4 is 66.0 Å². The third kappa shape index (κ3) is 5.43. The van der Waals surface area contributed by atoms with Gasteiger partial charge in [-0.05, 0) is 62.2 Å². The number of likely N-dealkylation sites (N-methyl/N-ethyl adjacent to an activating group) is 1. The number of carbonyl (C=O) groups is 2. The highest BCUT2D eigenvalue weighted by molar-refractivity contribution is 9.10. The van der Waals surface area contributed by atoms with Crippen LogP contribution in [0.4, 0.5) is 5.69 Å². The molecule has 0 spiro atoms. The average molecular weight is 656 g/mol. The van der Waals surface area contributed by atoms with Crippen molar-refractivity contribution in [1.82, 2.24) is 13.8 Å². The third-order valence-corrected chi connectivity index (χ3v) is 10.8. The van der Waals surface area contributed by atoms with E-state index >= 15 is 0 Å². The monoisotopic (exact) mass is 654 g/mol. The zero-order valence-electron chi connectivity index (χ0n) is 23.7. The van der Waals surface area contributed by atoms with Gasteiger partial charge in [-0.1, -0.05) is 28.8 Å². The fraction of sp³-hybridized carbons (Fsp3) is 0.419. The molecule has 3 aliphatic rings. The number of nitrogens with zero attached hydrogens (tertiary/aromatic N) is 4. The predicted octanol–water partition coefficient (Wildman–Crippen LogP) is 4.73. The predicted molar refractivity (Wildman–Crippen MR) is 167 cm³/mol. The molecule has 2 aromatic carbocycles. The van der Waals surface area contributed by atoms with Crippen molar-refractivity contribution in [1.29, 1.82) is 0 Å². The molecule has 0 unspecified atom stereocenters. The lowest BCUT2D eigenvalue weighted by Gasteiger charge is -2.26. The second kappa shape index (κ2) is 11.9. The molecular formula is C31H35BrN4O5S. The summed E-state index contributed by atoms with van der Waals surface area (Å²) in [7, 11) is -3.74. The Bertz CT molecular complexity index is 1670. The SMILES string of the molecule is CCN1C(=O)C(=Cc2cn(CC(=O)N3CCCCCC3)c3ccc(Br)cc23)c2cc(S(=O)(=O)N3CCOCC3)ccc21. The molecule has 0 bridgehead atoms. The van der Waals surface area contributed by atoms with Gasteiger partial charge in [0.1, 0.15) is 6.54 Å². The molecule has 2 amide bonds. The van der Waals surface area contributed by atoms with Gasteiger partial charge in [-0.3, -0.25) is 9.59 Å². The van der Waals surface area contributed by atoms with Crippen LogP contribution in [0.2, 0.25) is 0 Å². The molecule has 11 heteroatoms. The Kier molecular flexibility index (Phi) is 8.28. The minimum Gasteiger partial charge on any atom is -0.379 e. The second-order valence-corrected chi connectivity index (χ2v) is 13.8. The van der Waals surface area contributed by atoms with Gasteiger partial charge in [0.15, 0.2) is 0 Å². The maximum Gasteiger partial charge on any atom is 0.258 e. The fourth-order valence-corrected chi connectivity index (χ4v) is 7.95. The van der Waals surface area contributed by atoms with Crippen molar-refractivity contribution in [3.8, 4) is 0 Å². The molecule has 222 valence electrons. The van der Waals surface area contributed by atoms with Gasteiger partial charge >= 0.3 is 0 Å². The van der Waals surface area contributed by atoms with Crippen molar-refractivity contribution in [2.75, 3.05) is 50.8 Å². The average Bonchev–Trinajstić information content (AvgIpc) is 3.28. The summed E-state index contributed by atoms with van der Waals surface area (Å²) in [6.45, 7) is 5.46. The number of amides is 2. The van der Waals surface area contributed by atoms with Gasteiger partial charge < -0.3 is 19.1 Å². The van der Waals surface area contributed by atoms with E-state index in [4.69, 9.17) is 4.74 Å². The first-order chi connectivity index (χ1) is 20.3. The topological polar surface area (TPSA) is 92.2 Å². The highest BCUT2D eigenvalue weighted by Gasteiger charge is 2.34. The number of hydrogen-bond acceptors (Lipinski definition) is 5. The molecule has 4 heterocycles. The summed E-state index contributed by atoms with van der Waals surface area (Å²) in [6.07, 6.45) is 8.13. The van der Waals surface area contributed by atoms with E-state index in [0.717, 1.165) is 59.7 Å². The molecule has 6 rings (SSSR count). The third-order valence-electron chi connectivity index (χ3n) is 8.39. The van der Waals surface area contributed by atoms with E-state index in [1.54, 1.807) is 23.1 Å². The Labute approximate surface area is 254 Å². The van der Waals surface area contributed by atoms with Gasteiger partial charge in [0.2, 0.25) is 15.9 Å². The maximum absolute atomic E-state index is 13.7. The number of carbonyl (C=O) groups excluding carboxylic acids is 2. The zero-order valence-corrected chi connectivity index (χ0v) is 26.1. The molecule has 1 aromatic heterocycles. The van der Waals surface area contributed by atoms with E-state index in [1.165, 1.54) is 4.31 Å². The summed E-state index contributed by atoms with van der Waals surface area (Å²) in [4.78, 5) is 30.8. The Balaban J connectivity index is 1.41. The molecule has 0 atom stereocenters. The van der Waals surface area contributed by atoms with Gasteiger partial charge in [0, 0.05) is 71.0 Å². The van der Waals surface area contributed by atoms with E-state index in [9.17, 15) is 18.0 Å². The van der Waals surface area contributed by atoms with Crippen molar-refractivity contribution in [2.45, 2.75) is 44.0 Å². The van der Waals surface area contributed by atoms with Crippen LogP contribution in [0.25, 0.3) is 22.6 Å². The largest absolute Gasteiger partial charge is 0.379 e. The summed E-state index contributed by atoms with van der Waals surface area (Å²) < 4.78 is 36.5. The number of hydrogen-bond donors (Lipinski definition) is 0. The molecule has 9 nitrogen and oxygen atoms in total. The lowest BCUT2D eigenvalue weighted by Crippen LogP contribution is -2.40. The van der Waals surface area contributed by atoms with Crippen LogP contribution in [0.15, 0.2) is 52.0 Å². The molecule has 0 saturated carbocycles. The van der Waals surface area contributed by atoms with Gasteiger partial charge in [-0.25, -0.2) is 8.42 Å². The number of sulfonamides is 1. The molecule has 42 heavy (non-hydrogen) atoms. The van der Waals surface area contributed by atoms with Crippen LogP contribution >= 0.6 is 15.9 Å². The zero-order chi connectivity index (χ0) is 29.4. The molecule has 3 aliphatic heterocycles. The minimum absolute atomic E-state index is 0.0910. The highest BCUT2D eigenvalue weighted by atomic mass is 79.9. The Morgan fingerprint density at radius 1 is 1.00 bits per heavy atom. The van der Waals surface area contributed by atoms with E-state index in [1.807, 2.05) is 46.9 Å². The molecule has 3 aromatic rings. The fourth-order valence-electron chi connectivity index (χ4n) is 6.15. The molecule has 2 fully saturated rings.